The second-order valence-corrected chi connectivity index (χ2v) is 7.39. The minimum absolute atomic E-state index is 0.185. The molecule has 25 heavy (non-hydrogen) atoms. The van der Waals surface area contributed by atoms with Gasteiger partial charge in [0.25, 0.3) is 0 Å². The fraction of sp³-hybridized carbons (Fsp3) is 0.353. The largest absolute Gasteiger partial charge is 0.497 e. The van der Waals surface area contributed by atoms with Crippen LogP contribution in [0.4, 0.5) is 5.82 Å². The Morgan fingerprint density at radius 3 is 2.48 bits per heavy atom. The number of methoxy groups -OCH3 is 1. The van der Waals surface area contributed by atoms with E-state index in [-0.39, 0.29) is 11.4 Å². The topological polar surface area (TPSA) is 80.8 Å². The summed E-state index contributed by atoms with van der Waals surface area (Å²) in [6, 6.07) is 10.1. The molecule has 134 valence electrons. The highest BCUT2D eigenvalue weighted by atomic mass is 32.2. The van der Waals surface area contributed by atoms with Crippen molar-refractivity contribution in [3.63, 3.8) is 0 Å². The first-order valence-electron chi connectivity index (χ1n) is 8.00. The molecule has 0 spiro atoms. The molecule has 1 aromatic heterocycles. The summed E-state index contributed by atoms with van der Waals surface area (Å²) in [5, 5.41) is 0. The first-order chi connectivity index (χ1) is 12.1. The van der Waals surface area contributed by atoms with Gasteiger partial charge in [0, 0.05) is 25.8 Å². The van der Waals surface area contributed by atoms with Crippen LogP contribution >= 0.6 is 0 Å². The third kappa shape index (κ3) is 4.47. The van der Waals surface area contributed by atoms with Crippen LogP contribution in [0.3, 0.4) is 0 Å². The highest BCUT2D eigenvalue weighted by molar-refractivity contribution is 7.89. The van der Waals surface area contributed by atoms with Gasteiger partial charge in [0.2, 0.25) is 10.0 Å². The molecule has 1 aliphatic heterocycles. The van der Waals surface area contributed by atoms with Crippen molar-refractivity contribution in [2.45, 2.75) is 11.4 Å². The molecule has 1 fully saturated rings. The van der Waals surface area contributed by atoms with Gasteiger partial charge in [0.15, 0.2) is 0 Å². The molecule has 0 unspecified atom stereocenters. The van der Waals surface area contributed by atoms with Crippen LogP contribution in [0.15, 0.2) is 47.5 Å². The molecule has 0 aliphatic carbocycles. The smallest absolute Gasteiger partial charge is 0.240 e. The number of anilines is 1. The number of hydrogen-bond donors (Lipinski definition) is 1. The van der Waals surface area contributed by atoms with Gasteiger partial charge >= 0.3 is 0 Å². The SMILES string of the molecule is COc1ccc(S(=O)(=O)NCc2ccc(N3CCOCC3)nc2)cc1. The molecule has 2 heterocycles. The Hall–Kier alpha value is -2.16. The zero-order valence-corrected chi connectivity index (χ0v) is 14.8. The Kier molecular flexibility index (Phi) is 5.52. The van der Waals surface area contributed by atoms with Crippen molar-refractivity contribution in [2.24, 2.45) is 0 Å². The fourth-order valence-corrected chi connectivity index (χ4v) is 3.54. The lowest BCUT2D eigenvalue weighted by molar-refractivity contribution is 0.122. The number of ether oxygens (including phenoxy) is 2. The summed E-state index contributed by atoms with van der Waals surface area (Å²) in [6.45, 7) is 3.22. The molecule has 0 radical (unpaired) electrons. The lowest BCUT2D eigenvalue weighted by Crippen LogP contribution is -2.36. The number of nitrogens with one attached hydrogen (secondary N) is 1. The summed E-state index contributed by atoms with van der Waals surface area (Å²) in [6.07, 6.45) is 1.70. The molecule has 1 aromatic carbocycles. The van der Waals surface area contributed by atoms with Crippen LogP contribution < -0.4 is 14.4 Å². The predicted octanol–water partition coefficient (Wildman–Crippen LogP) is 1.41. The predicted molar refractivity (Wildman–Crippen MR) is 94.3 cm³/mol. The number of pyridine rings is 1. The van der Waals surface area contributed by atoms with Crippen LogP contribution in [0.5, 0.6) is 5.75 Å². The molecule has 7 nitrogen and oxygen atoms in total. The van der Waals surface area contributed by atoms with E-state index in [1.54, 1.807) is 18.3 Å². The van der Waals surface area contributed by atoms with Gasteiger partial charge in [0.1, 0.15) is 11.6 Å². The average Bonchev–Trinajstić information content (AvgIpc) is 2.67. The minimum Gasteiger partial charge on any atom is -0.497 e. The Morgan fingerprint density at radius 2 is 1.88 bits per heavy atom. The Balaban J connectivity index is 1.61. The fourth-order valence-electron chi connectivity index (χ4n) is 2.52. The molecule has 3 rings (SSSR count). The third-order valence-electron chi connectivity index (χ3n) is 3.98. The monoisotopic (exact) mass is 363 g/mol. The summed E-state index contributed by atoms with van der Waals surface area (Å²) in [5.74, 6) is 1.49. The maximum Gasteiger partial charge on any atom is 0.240 e. The van der Waals surface area contributed by atoms with E-state index in [2.05, 4.69) is 14.6 Å². The van der Waals surface area contributed by atoms with Gasteiger partial charge in [-0.05, 0) is 35.9 Å². The molecule has 2 aromatic rings. The zero-order chi connectivity index (χ0) is 17.7. The van der Waals surface area contributed by atoms with Gasteiger partial charge < -0.3 is 14.4 Å². The number of sulfonamides is 1. The highest BCUT2D eigenvalue weighted by Gasteiger charge is 2.15. The van der Waals surface area contributed by atoms with Crippen molar-refractivity contribution in [1.82, 2.24) is 9.71 Å². The van der Waals surface area contributed by atoms with E-state index in [1.165, 1.54) is 19.2 Å². The number of rotatable bonds is 6. The van der Waals surface area contributed by atoms with Gasteiger partial charge in [-0.1, -0.05) is 6.07 Å². The first kappa shape index (κ1) is 17.7. The van der Waals surface area contributed by atoms with E-state index in [9.17, 15) is 8.42 Å². The lowest BCUT2D eigenvalue weighted by Gasteiger charge is -2.27. The van der Waals surface area contributed by atoms with Crippen LogP contribution in [0, 0.1) is 0 Å². The van der Waals surface area contributed by atoms with E-state index in [4.69, 9.17) is 9.47 Å². The molecular weight excluding hydrogens is 342 g/mol. The Bertz CT molecular complexity index is 786. The first-order valence-corrected chi connectivity index (χ1v) is 9.48. The van der Waals surface area contributed by atoms with E-state index < -0.39 is 10.0 Å². The maximum absolute atomic E-state index is 12.3. The van der Waals surface area contributed by atoms with Crippen LogP contribution in [-0.2, 0) is 21.3 Å². The van der Waals surface area contributed by atoms with Crippen molar-refractivity contribution >= 4 is 15.8 Å². The lowest BCUT2D eigenvalue weighted by atomic mass is 10.3. The summed E-state index contributed by atoms with van der Waals surface area (Å²) < 4.78 is 37.6. The molecule has 0 amide bonds. The Labute approximate surface area is 147 Å². The summed E-state index contributed by atoms with van der Waals surface area (Å²) in [7, 11) is -2.04. The quantitative estimate of drug-likeness (QED) is 0.836. The molecule has 1 aliphatic rings. The number of hydrogen-bond acceptors (Lipinski definition) is 6. The number of morpholine rings is 1. The number of nitrogens with zero attached hydrogens (tertiary/aromatic N) is 2. The van der Waals surface area contributed by atoms with Crippen molar-refractivity contribution in [3.05, 3.63) is 48.2 Å². The second kappa shape index (κ2) is 7.81. The average molecular weight is 363 g/mol. The number of benzene rings is 1. The number of aromatic nitrogens is 1. The molecule has 0 bridgehead atoms. The Morgan fingerprint density at radius 1 is 1.16 bits per heavy atom. The van der Waals surface area contributed by atoms with Gasteiger partial charge in [-0.2, -0.15) is 0 Å². The van der Waals surface area contributed by atoms with Gasteiger partial charge in [0.05, 0.1) is 25.2 Å². The molecule has 8 heteroatoms. The normalized spacial score (nSPS) is 15.2. The van der Waals surface area contributed by atoms with E-state index >= 15 is 0 Å². The summed E-state index contributed by atoms with van der Waals surface area (Å²) in [5.41, 5.74) is 0.800. The molecule has 1 N–H and O–H groups in total. The van der Waals surface area contributed by atoms with Crippen molar-refractivity contribution in [3.8, 4) is 5.75 Å². The standard InChI is InChI=1S/C17H21N3O4S/c1-23-15-3-5-16(6-4-15)25(21,22)19-13-14-2-7-17(18-12-14)20-8-10-24-11-9-20/h2-7,12,19H,8-11,13H2,1H3. The van der Waals surface area contributed by atoms with E-state index in [0.29, 0.717) is 19.0 Å². The molecule has 1 saturated heterocycles. The van der Waals surface area contributed by atoms with Crippen LogP contribution in [0.2, 0.25) is 0 Å². The molecule has 0 atom stereocenters. The van der Waals surface area contributed by atoms with Gasteiger partial charge in [-0.3, -0.25) is 0 Å². The summed E-state index contributed by atoms with van der Waals surface area (Å²) in [4.78, 5) is 6.77. The van der Waals surface area contributed by atoms with E-state index in [1.807, 2.05) is 12.1 Å². The van der Waals surface area contributed by atoms with Crippen molar-refractivity contribution in [2.75, 3.05) is 38.3 Å². The van der Waals surface area contributed by atoms with Crippen molar-refractivity contribution < 1.29 is 17.9 Å². The summed E-state index contributed by atoms with van der Waals surface area (Å²) >= 11 is 0. The second-order valence-electron chi connectivity index (χ2n) is 5.62. The van der Waals surface area contributed by atoms with Gasteiger partial charge in [-0.15, -0.1) is 0 Å². The van der Waals surface area contributed by atoms with Crippen LogP contribution in [0.25, 0.3) is 0 Å². The third-order valence-corrected chi connectivity index (χ3v) is 5.40. The van der Waals surface area contributed by atoms with E-state index in [0.717, 1.165) is 24.5 Å². The molecular formula is C17H21N3O4S. The minimum atomic E-state index is -3.57. The zero-order valence-electron chi connectivity index (χ0n) is 14.0. The molecule has 0 saturated carbocycles. The van der Waals surface area contributed by atoms with Gasteiger partial charge in [-0.25, -0.2) is 18.1 Å². The van der Waals surface area contributed by atoms with Crippen molar-refractivity contribution in [1.29, 1.82) is 0 Å². The maximum atomic E-state index is 12.3. The highest BCUT2D eigenvalue weighted by Crippen LogP contribution is 2.16. The van der Waals surface area contributed by atoms with Crippen LogP contribution in [-0.4, -0.2) is 46.8 Å². The van der Waals surface area contributed by atoms with Crippen LogP contribution in [0.1, 0.15) is 5.56 Å².